The lowest BCUT2D eigenvalue weighted by Crippen LogP contribution is -2.35. The van der Waals surface area contributed by atoms with Crippen LogP contribution in [0.15, 0.2) is 5.10 Å². The Bertz CT molecular complexity index is 254. The van der Waals surface area contributed by atoms with Crippen molar-refractivity contribution in [2.24, 2.45) is 16.8 Å². The third kappa shape index (κ3) is 4.14. The molecule has 0 spiro atoms. The normalized spacial score (nSPS) is 22.9. The van der Waals surface area contributed by atoms with E-state index in [0.717, 1.165) is 25.9 Å². The van der Waals surface area contributed by atoms with Gasteiger partial charge in [0.2, 0.25) is 0 Å². The zero-order chi connectivity index (χ0) is 11.3. The highest BCUT2D eigenvalue weighted by Crippen LogP contribution is 2.18. The van der Waals surface area contributed by atoms with Crippen LogP contribution in [0.5, 0.6) is 0 Å². The van der Waals surface area contributed by atoms with Crippen molar-refractivity contribution in [2.75, 3.05) is 19.6 Å². The maximum Gasteiger partial charge on any atom is 0.261 e. The largest absolute Gasteiger partial charge is 0.380 e. The Morgan fingerprint density at radius 2 is 2.47 bits per heavy atom. The van der Waals surface area contributed by atoms with Crippen molar-refractivity contribution in [3.8, 4) is 0 Å². The molecule has 0 saturated carbocycles. The highest BCUT2D eigenvalue weighted by molar-refractivity contribution is 5.80. The Balaban J connectivity index is 2.45. The summed E-state index contributed by atoms with van der Waals surface area (Å²) >= 11 is 0. The SMILES string of the molecule is CCC1CCCN(N=C(N)C[N+](=O)[O-])C1. The third-order valence-electron chi connectivity index (χ3n) is 2.64. The summed E-state index contributed by atoms with van der Waals surface area (Å²) in [6, 6.07) is 0. The number of nitrogens with two attached hydrogens (primary N) is 1. The van der Waals surface area contributed by atoms with E-state index in [0.29, 0.717) is 5.92 Å². The lowest BCUT2D eigenvalue weighted by Gasteiger charge is -2.30. The van der Waals surface area contributed by atoms with Crippen LogP contribution in [0, 0.1) is 16.0 Å². The number of hydrogen-bond donors (Lipinski definition) is 1. The van der Waals surface area contributed by atoms with Crippen LogP contribution in [0.3, 0.4) is 0 Å². The van der Waals surface area contributed by atoms with Crippen LogP contribution >= 0.6 is 0 Å². The maximum absolute atomic E-state index is 10.2. The molecule has 15 heavy (non-hydrogen) atoms. The molecule has 6 heteroatoms. The van der Waals surface area contributed by atoms with E-state index in [1.165, 1.54) is 6.42 Å². The number of hydrogen-bond acceptors (Lipinski definition) is 4. The van der Waals surface area contributed by atoms with Gasteiger partial charge in [0.1, 0.15) is 0 Å². The summed E-state index contributed by atoms with van der Waals surface area (Å²) in [5.74, 6) is 0.739. The van der Waals surface area contributed by atoms with Crippen molar-refractivity contribution in [2.45, 2.75) is 26.2 Å². The Morgan fingerprint density at radius 3 is 3.07 bits per heavy atom. The van der Waals surface area contributed by atoms with Crippen molar-refractivity contribution in [3.63, 3.8) is 0 Å². The molecule has 0 bridgehead atoms. The van der Waals surface area contributed by atoms with E-state index in [9.17, 15) is 10.1 Å². The molecule has 2 N–H and O–H groups in total. The second-order valence-electron chi connectivity index (χ2n) is 3.91. The van der Waals surface area contributed by atoms with Crippen LogP contribution < -0.4 is 5.73 Å². The fourth-order valence-corrected chi connectivity index (χ4v) is 1.81. The zero-order valence-corrected chi connectivity index (χ0v) is 9.06. The lowest BCUT2D eigenvalue weighted by molar-refractivity contribution is -0.463. The van der Waals surface area contributed by atoms with Gasteiger partial charge in [-0.25, -0.2) is 0 Å². The van der Waals surface area contributed by atoms with E-state index in [2.05, 4.69) is 12.0 Å². The molecule has 0 aromatic carbocycles. The third-order valence-corrected chi connectivity index (χ3v) is 2.64. The first-order valence-corrected chi connectivity index (χ1v) is 5.31. The Morgan fingerprint density at radius 1 is 1.73 bits per heavy atom. The minimum absolute atomic E-state index is 0.0942. The van der Waals surface area contributed by atoms with Gasteiger partial charge in [0.05, 0.1) is 0 Å². The average Bonchev–Trinajstić information content (AvgIpc) is 2.16. The summed E-state index contributed by atoms with van der Waals surface area (Å²) in [7, 11) is 0. The smallest absolute Gasteiger partial charge is 0.261 e. The fraction of sp³-hybridized carbons (Fsp3) is 0.889. The summed E-state index contributed by atoms with van der Waals surface area (Å²) in [6.45, 7) is 3.51. The summed E-state index contributed by atoms with van der Waals surface area (Å²) in [5, 5.41) is 16.1. The average molecular weight is 214 g/mol. The molecule has 0 amide bonds. The van der Waals surface area contributed by atoms with Gasteiger partial charge in [-0.05, 0) is 18.8 Å². The standard InChI is InChI=1S/C9H18N4O2/c1-2-8-4-3-5-12(6-8)11-9(10)7-13(14)15/h8H,2-7H2,1H3,(H2,10,11). The summed E-state index contributed by atoms with van der Waals surface area (Å²) in [6.07, 6.45) is 3.44. The van der Waals surface area contributed by atoms with Gasteiger partial charge >= 0.3 is 0 Å². The van der Waals surface area contributed by atoms with Crippen molar-refractivity contribution in [1.29, 1.82) is 0 Å². The second-order valence-corrected chi connectivity index (χ2v) is 3.91. The van der Waals surface area contributed by atoms with E-state index in [1.807, 2.05) is 5.01 Å². The summed E-state index contributed by atoms with van der Waals surface area (Å²) in [5.41, 5.74) is 5.46. The number of nitrogens with zero attached hydrogens (tertiary/aromatic N) is 3. The van der Waals surface area contributed by atoms with Gasteiger partial charge in [0.25, 0.3) is 6.54 Å². The van der Waals surface area contributed by atoms with Crippen molar-refractivity contribution in [1.82, 2.24) is 5.01 Å². The van der Waals surface area contributed by atoms with E-state index in [4.69, 9.17) is 5.73 Å². The fourth-order valence-electron chi connectivity index (χ4n) is 1.81. The maximum atomic E-state index is 10.2. The van der Waals surface area contributed by atoms with E-state index >= 15 is 0 Å². The zero-order valence-electron chi connectivity index (χ0n) is 9.06. The van der Waals surface area contributed by atoms with Crippen LogP contribution in [-0.2, 0) is 0 Å². The number of hydrazone groups is 1. The molecule has 1 rings (SSSR count). The molecule has 0 aliphatic carbocycles. The topological polar surface area (TPSA) is 84.8 Å². The molecule has 1 aliphatic rings. The summed E-state index contributed by atoms with van der Waals surface area (Å²) < 4.78 is 0. The molecule has 6 nitrogen and oxygen atoms in total. The number of amidine groups is 1. The van der Waals surface area contributed by atoms with Crippen LogP contribution in [0.25, 0.3) is 0 Å². The first-order chi connectivity index (χ1) is 7.11. The second kappa shape index (κ2) is 5.53. The molecule has 1 heterocycles. The van der Waals surface area contributed by atoms with Crippen molar-refractivity contribution in [3.05, 3.63) is 10.1 Å². The number of nitro groups is 1. The van der Waals surface area contributed by atoms with Gasteiger partial charge in [-0.1, -0.05) is 13.3 Å². The van der Waals surface area contributed by atoms with E-state index in [1.54, 1.807) is 0 Å². The van der Waals surface area contributed by atoms with Crippen LogP contribution in [0.2, 0.25) is 0 Å². The van der Waals surface area contributed by atoms with Gasteiger partial charge in [-0.2, -0.15) is 5.10 Å². The molecule has 1 saturated heterocycles. The van der Waals surface area contributed by atoms with E-state index < -0.39 is 4.92 Å². The molecule has 0 radical (unpaired) electrons. The minimum atomic E-state index is -0.458. The van der Waals surface area contributed by atoms with E-state index in [-0.39, 0.29) is 12.4 Å². The quantitative estimate of drug-likeness (QED) is 0.322. The van der Waals surface area contributed by atoms with Gasteiger partial charge in [0, 0.05) is 18.0 Å². The lowest BCUT2D eigenvalue weighted by atomic mass is 9.97. The highest BCUT2D eigenvalue weighted by atomic mass is 16.6. The number of rotatable bonds is 4. The van der Waals surface area contributed by atoms with Gasteiger partial charge in [-0.15, -0.1) is 0 Å². The molecule has 0 aromatic heterocycles. The minimum Gasteiger partial charge on any atom is -0.380 e. The Labute approximate surface area is 89.3 Å². The van der Waals surface area contributed by atoms with Crippen LogP contribution in [0.4, 0.5) is 0 Å². The first kappa shape index (κ1) is 11.7. The summed E-state index contributed by atoms with van der Waals surface area (Å²) in [4.78, 5) is 9.74. The molecule has 86 valence electrons. The molecule has 1 fully saturated rings. The highest BCUT2D eigenvalue weighted by Gasteiger charge is 2.17. The molecule has 1 unspecified atom stereocenters. The molecular formula is C9H18N4O2. The van der Waals surface area contributed by atoms with Gasteiger partial charge < -0.3 is 5.73 Å². The van der Waals surface area contributed by atoms with Crippen molar-refractivity contribution >= 4 is 5.84 Å². The first-order valence-electron chi connectivity index (χ1n) is 5.31. The van der Waals surface area contributed by atoms with Gasteiger partial charge in [0.15, 0.2) is 5.84 Å². The molecule has 1 aliphatic heterocycles. The van der Waals surface area contributed by atoms with Crippen LogP contribution in [-0.4, -0.2) is 35.4 Å². The molecular weight excluding hydrogens is 196 g/mol. The molecule has 1 atom stereocenters. The Hall–Kier alpha value is -1.33. The van der Waals surface area contributed by atoms with Crippen molar-refractivity contribution < 1.29 is 4.92 Å². The monoisotopic (exact) mass is 214 g/mol. The van der Waals surface area contributed by atoms with Crippen LogP contribution in [0.1, 0.15) is 26.2 Å². The number of piperidine rings is 1. The predicted molar refractivity (Wildman–Crippen MR) is 58.1 cm³/mol. The predicted octanol–water partition coefficient (Wildman–Crippen LogP) is 0.657. The Kier molecular flexibility index (Phi) is 4.33. The molecule has 0 aromatic rings. The van der Waals surface area contributed by atoms with Gasteiger partial charge in [-0.3, -0.25) is 15.1 Å².